The molecule has 0 saturated heterocycles. The predicted molar refractivity (Wildman–Crippen MR) is 61.9 cm³/mol. The van der Waals surface area contributed by atoms with E-state index in [1.54, 1.807) is 13.0 Å². The van der Waals surface area contributed by atoms with Gasteiger partial charge in [0.25, 0.3) is 0 Å². The van der Waals surface area contributed by atoms with Crippen LogP contribution < -0.4 is 34.7 Å². The van der Waals surface area contributed by atoms with Gasteiger partial charge >= 0.3 is 29.6 Å². The molecule has 1 aromatic rings. The molecule has 0 radical (unpaired) electrons. The molecule has 2 nitrogen and oxygen atoms in total. The minimum atomic E-state index is -1.17. The Labute approximate surface area is 125 Å². The number of carboxylic acids is 1. The second-order valence-corrected chi connectivity index (χ2v) is 4.01. The Hall–Kier alpha value is -0.350. The van der Waals surface area contributed by atoms with Gasteiger partial charge in [-0.3, -0.25) is 0 Å². The first-order valence-corrected chi connectivity index (χ1v) is 5.20. The summed E-state index contributed by atoms with van der Waals surface area (Å²) in [4.78, 5) is 10.2. The maximum absolute atomic E-state index is 10.2. The Morgan fingerprint density at radius 3 is 2.38 bits per heavy atom. The fraction of sp³-hybridized carbons (Fsp3) is 0.0833. The van der Waals surface area contributed by atoms with E-state index >= 15 is 0 Å². The van der Waals surface area contributed by atoms with Crippen molar-refractivity contribution in [2.45, 2.75) is 6.92 Å². The molecule has 0 spiro atoms. The molecule has 0 aliphatic rings. The van der Waals surface area contributed by atoms with Gasteiger partial charge in [-0.15, -0.1) is 0 Å². The van der Waals surface area contributed by atoms with Gasteiger partial charge in [0.1, 0.15) is 0 Å². The molecule has 1 aromatic carbocycles. The maximum Gasteiger partial charge on any atom is 1.00 e. The molecule has 0 aliphatic heterocycles. The summed E-state index contributed by atoms with van der Waals surface area (Å²) in [7, 11) is 0. The van der Waals surface area contributed by atoms with Crippen molar-refractivity contribution in [3.05, 3.63) is 52.0 Å². The van der Waals surface area contributed by atoms with Crippen molar-refractivity contribution in [3.8, 4) is 0 Å². The fourth-order valence-electron chi connectivity index (χ4n) is 1.04. The van der Waals surface area contributed by atoms with E-state index in [0.717, 1.165) is 16.1 Å². The number of hydrogen-bond acceptors (Lipinski definition) is 2. The van der Waals surface area contributed by atoms with Crippen molar-refractivity contribution in [1.29, 1.82) is 0 Å². The molecule has 0 heterocycles. The number of halogens is 1. The minimum absolute atomic E-state index is 0. The Balaban J connectivity index is 0.00000225. The maximum atomic E-state index is 10.2. The van der Waals surface area contributed by atoms with Crippen LogP contribution in [0.15, 0.2) is 46.5 Å². The van der Waals surface area contributed by atoms with Crippen molar-refractivity contribution in [2.75, 3.05) is 0 Å². The molecule has 4 heteroatoms. The third-order valence-electron chi connectivity index (χ3n) is 1.75. The average Bonchev–Trinajstić information content (AvgIpc) is 2.16. The van der Waals surface area contributed by atoms with Gasteiger partial charge in [0.05, 0.1) is 5.97 Å². The molecule has 16 heavy (non-hydrogen) atoms. The number of carbonyl (C=O) groups excluding carboxylic acids is 1. The second kappa shape index (κ2) is 7.85. The predicted octanol–water partition coefficient (Wildman–Crippen LogP) is -0.837. The molecular weight excluding hydrogens is 279 g/mol. The van der Waals surface area contributed by atoms with E-state index in [2.05, 4.69) is 15.9 Å². The number of carbonyl (C=O) groups is 1. The van der Waals surface area contributed by atoms with Gasteiger partial charge in [0, 0.05) is 4.47 Å². The molecule has 0 atom stereocenters. The molecule has 78 valence electrons. The summed E-state index contributed by atoms with van der Waals surface area (Å²) >= 11 is 3.34. The van der Waals surface area contributed by atoms with Gasteiger partial charge < -0.3 is 9.90 Å². The molecule has 0 unspecified atom stereocenters. The van der Waals surface area contributed by atoms with Crippen LogP contribution in [0.4, 0.5) is 0 Å². The van der Waals surface area contributed by atoms with Crippen molar-refractivity contribution in [1.82, 2.24) is 0 Å². The van der Waals surface area contributed by atoms with Gasteiger partial charge in [-0.2, -0.15) is 0 Å². The minimum Gasteiger partial charge on any atom is -0.545 e. The Kier molecular flexibility index (Phi) is 7.68. The van der Waals surface area contributed by atoms with Crippen LogP contribution in [0.25, 0.3) is 6.08 Å². The van der Waals surface area contributed by atoms with Crippen LogP contribution in [-0.4, -0.2) is 5.97 Å². The number of aliphatic carboxylic acids is 1. The smallest absolute Gasteiger partial charge is 0.545 e. The Morgan fingerprint density at radius 2 is 1.88 bits per heavy atom. The van der Waals surface area contributed by atoms with Gasteiger partial charge in [-0.25, -0.2) is 0 Å². The molecule has 0 saturated carbocycles. The Bertz CT molecular complexity index is 408. The van der Waals surface area contributed by atoms with Crippen LogP contribution in [0.2, 0.25) is 0 Å². The SMILES string of the molecule is CC(=C/C(=O)[O-])/C=C/c1ccc(Br)cc1.[Na+]. The van der Waals surface area contributed by atoms with Crippen LogP contribution in [-0.2, 0) is 4.79 Å². The first-order chi connectivity index (χ1) is 7.08. The zero-order valence-electron chi connectivity index (χ0n) is 9.24. The molecule has 0 aromatic heterocycles. The molecular formula is C12H10BrNaO2. The van der Waals surface area contributed by atoms with Crippen molar-refractivity contribution in [2.24, 2.45) is 0 Å². The van der Waals surface area contributed by atoms with Crippen LogP contribution in [0, 0.1) is 0 Å². The molecule has 0 bridgehead atoms. The molecule has 0 aliphatic carbocycles. The van der Waals surface area contributed by atoms with Crippen molar-refractivity contribution >= 4 is 28.0 Å². The molecule has 0 amide bonds. The number of allylic oxidation sites excluding steroid dienone is 2. The average molecular weight is 289 g/mol. The molecule has 0 fully saturated rings. The molecule has 1 rings (SSSR count). The van der Waals surface area contributed by atoms with Crippen molar-refractivity contribution < 1.29 is 39.5 Å². The van der Waals surface area contributed by atoms with E-state index in [4.69, 9.17) is 0 Å². The van der Waals surface area contributed by atoms with E-state index in [1.807, 2.05) is 30.3 Å². The number of hydrogen-bond donors (Lipinski definition) is 0. The standard InChI is InChI=1S/C12H11BrO2.Na/c1-9(8-12(14)15)2-3-10-4-6-11(13)7-5-10;/h2-8H,1H3,(H,14,15);/q;+1/p-1/b3-2+,9-8-;. The quantitative estimate of drug-likeness (QED) is 0.414. The van der Waals surface area contributed by atoms with Gasteiger partial charge in [0.15, 0.2) is 0 Å². The van der Waals surface area contributed by atoms with Crippen LogP contribution in [0.5, 0.6) is 0 Å². The number of carboxylic acid groups (broad SMARTS) is 1. The van der Waals surface area contributed by atoms with E-state index in [-0.39, 0.29) is 29.6 Å². The van der Waals surface area contributed by atoms with E-state index < -0.39 is 5.97 Å². The van der Waals surface area contributed by atoms with Crippen LogP contribution >= 0.6 is 15.9 Å². The van der Waals surface area contributed by atoms with E-state index in [9.17, 15) is 9.90 Å². The first-order valence-electron chi connectivity index (χ1n) is 4.41. The number of benzene rings is 1. The number of rotatable bonds is 3. The first kappa shape index (κ1) is 15.7. The third kappa shape index (κ3) is 6.28. The van der Waals surface area contributed by atoms with Gasteiger partial charge in [-0.1, -0.05) is 40.2 Å². The second-order valence-electron chi connectivity index (χ2n) is 3.09. The van der Waals surface area contributed by atoms with E-state index in [1.165, 1.54) is 0 Å². The summed E-state index contributed by atoms with van der Waals surface area (Å²) in [6.45, 7) is 1.71. The van der Waals surface area contributed by atoms with Gasteiger partial charge in [-0.05, 0) is 36.3 Å². The Morgan fingerprint density at radius 1 is 1.31 bits per heavy atom. The molecule has 0 N–H and O–H groups in total. The summed E-state index contributed by atoms with van der Waals surface area (Å²) < 4.78 is 1.02. The summed E-state index contributed by atoms with van der Waals surface area (Å²) in [6.07, 6.45) is 4.65. The monoisotopic (exact) mass is 288 g/mol. The summed E-state index contributed by atoms with van der Waals surface area (Å²) in [5.41, 5.74) is 1.67. The van der Waals surface area contributed by atoms with Crippen LogP contribution in [0.3, 0.4) is 0 Å². The third-order valence-corrected chi connectivity index (χ3v) is 2.28. The van der Waals surface area contributed by atoms with Crippen molar-refractivity contribution in [3.63, 3.8) is 0 Å². The normalized spacial score (nSPS) is 11.2. The van der Waals surface area contributed by atoms with Crippen LogP contribution in [0.1, 0.15) is 12.5 Å². The van der Waals surface area contributed by atoms with Gasteiger partial charge in [0.2, 0.25) is 0 Å². The zero-order valence-corrected chi connectivity index (χ0v) is 12.8. The largest absolute Gasteiger partial charge is 1.00 e. The summed E-state index contributed by atoms with van der Waals surface area (Å²) in [5, 5.41) is 10.2. The fourth-order valence-corrected chi connectivity index (χ4v) is 1.30. The van der Waals surface area contributed by atoms with E-state index in [0.29, 0.717) is 5.57 Å². The zero-order chi connectivity index (χ0) is 11.3. The summed E-state index contributed by atoms with van der Waals surface area (Å²) in [6, 6.07) is 7.73. The summed E-state index contributed by atoms with van der Waals surface area (Å²) in [5.74, 6) is -1.17. The topological polar surface area (TPSA) is 40.1 Å².